The van der Waals surface area contributed by atoms with Gasteiger partial charge in [0.2, 0.25) is 0 Å². The van der Waals surface area contributed by atoms with Gasteiger partial charge in [0.05, 0.1) is 5.71 Å². The van der Waals surface area contributed by atoms with Gasteiger partial charge in [0, 0.05) is 5.92 Å². The van der Waals surface area contributed by atoms with E-state index < -0.39 is 0 Å². The molecule has 0 aromatic rings. The second-order valence-electron chi connectivity index (χ2n) is 3.75. The van der Waals surface area contributed by atoms with Crippen LogP contribution in [0.1, 0.15) is 44.9 Å². The van der Waals surface area contributed by atoms with E-state index in [4.69, 9.17) is 5.21 Å². The highest BCUT2D eigenvalue weighted by Gasteiger charge is 2.18. The predicted octanol–water partition coefficient (Wildman–Crippen LogP) is 3.36. The van der Waals surface area contributed by atoms with E-state index in [1.807, 2.05) is 6.08 Å². The third-order valence-electron chi connectivity index (χ3n) is 2.80. The van der Waals surface area contributed by atoms with Gasteiger partial charge in [0.15, 0.2) is 0 Å². The van der Waals surface area contributed by atoms with Gasteiger partial charge in [-0.1, -0.05) is 24.1 Å². The van der Waals surface area contributed by atoms with Crippen LogP contribution in [0.25, 0.3) is 0 Å². The molecule has 0 radical (unpaired) electrons. The summed E-state index contributed by atoms with van der Waals surface area (Å²) in [5, 5.41) is 12.3. The summed E-state index contributed by atoms with van der Waals surface area (Å²) in [7, 11) is 0. The van der Waals surface area contributed by atoms with E-state index >= 15 is 0 Å². The number of hydrogen-bond donors (Lipinski definition) is 1. The molecule has 2 heteroatoms. The molecule has 0 amide bonds. The van der Waals surface area contributed by atoms with Crippen molar-refractivity contribution in [3.63, 3.8) is 0 Å². The van der Waals surface area contributed by atoms with Gasteiger partial charge < -0.3 is 5.21 Å². The molecule has 1 N–H and O–H groups in total. The summed E-state index contributed by atoms with van der Waals surface area (Å²) in [5.74, 6) is 0.505. The zero-order valence-corrected chi connectivity index (χ0v) is 8.21. The maximum atomic E-state index is 8.85. The first-order valence-corrected chi connectivity index (χ1v) is 5.20. The first-order valence-electron chi connectivity index (χ1n) is 5.20. The van der Waals surface area contributed by atoms with Crippen molar-refractivity contribution in [2.24, 2.45) is 11.1 Å². The molecule has 1 rings (SSSR count). The Bertz CT molecular complexity index is 187. The number of allylic oxidation sites excluding steroid dienone is 1. The van der Waals surface area contributed by atoms with E-state index in [1.54, 1.807) is 0 Å². The molecule has 0 heterocycles. The van der Waals surface area contributed by atoms with Gasteiger partial charge in [-0.25, -0.2) is 0 Å². The maximum absolute atomic E-state index is 8.85. The third-order valence-corrected chi connectivity index (χ3v) is 2.80. The molecule has 1 unspecified atom stereocenters. The molecule has 74 valence electrons. The molecule has 1 saturated carbocycles. The van der Waals surface area contributed by atoms with Crippen molar-refractivity contribution >= 4 is 5.71 Å². The third kappa shape index (κ3) is 3.21. The van der Waals surface area contributed by atoms with Crippen molar-refractivity contribution in [3.05, 3.63) is 12.7 Å². The Morgan fingerprint density at radius 1 is 1.46 bits per heavy atom. The lowest BCUT2D eigenvalue weighted by molar-refractivity contribution is 0.312. The van der Waals surface area contributed by atoms with Crippen LogP contribution in [-0.2, 0) is 0 Å². The van der Waals surface area contributed by atoms with E-state index in [1.165, 1.54) is 25.7 Å². The molecule has 0 aromatic heterocycles. The summed E-state index contributed by atoms with van der Waals surface area (Å²) in [6.45, 7) is 3.72. The van der Waals surface area contributed by atoms with Crippen LogP contribution in [0.3, 0.4) is 0 Å². The summed E-state index contributed by atoms with van der Waals surface area (Å²) in [5.41, 5.74) is 1.01. The lowest BCUT2D eigenvalue weighted by Crippen LogP contribution is -2.12. The van der Waals surface area contributed by atoms with Crippen LogP contribution in [0, 0.1) is 5.92 Å². The molecule has 0 spiro atoms. The van der Waals surface area contributed by atoms with Crippen LogP contribution in [0.2, 0.25) is 0 Å². The lowest BCUT2D eigenvalue weighted by Gasteiger charge is -2.13. The lowest BCUT2D eigenvalue weighted by atomic mass is 9.93. The number of nitrogens with zero attached hydrogens (tertiary/aromatic N) is 1. The maximum Gasteiger partial charge on any atom is 0.0601 e. The Morgan fingerprint density at radius 2 is 2.31 bits per heavy atom. The first kappa shape index (κ1) is 10.3. The van der Waals surface area contributed by atoms with Crippen LogP contribution in [0.15, 0.2) is 17.8 Å². The minimum atomic E-state index is 0.505. The second-order valence-corrected chi connectivity index (χ2v) is 3.75. The van der Waals surface area contributed by atoms with E-state index in [0.29, 0.717) is 5.92 Å². The van der Waals surface area contributed by atoms with Crippen molar-refractivity contribution in [3.8, 4) is 0 Å². The Balaban J connectivity index is 2.49. The molecule has 0 bridgehead atoms. The van der Waals surface area contributed by atoms with Gasteiger partial charge in [0.1, 0.15) is 0 Å². The summed E-state index contributed by atoms with van der Waals surface area (Å²) in [6, 6.07) is 0. The number of rotatable bonds is 3. The van der Waals surface area contributed by atoms with E-state index in [0.717, 1.165) is 25.0 Å². The van der Waals surface area contributed by atoms with Crippen molar-refractivity contribution in [2.45, 2.75) is 44.9 Å². The molecular weight excluding hydrogens is 162 g/mol. The minimum Gasteiger partial charge on any atom is -0.411 e. The molecule has 2 nitrogen and oxygen atoms in total. The SMILES string of the molecule is C=CCCC1CCCCC/C1=N\O. The first-order chi connectivity index (χ1) is 6.38. The molecule has 0 aromatic carbocycles. The topological polar surface area (TPSA) is 32.6 Å². The van der Waals surface area contributed by atoms with Gasteiger partial charge in [-0.2, -0.15) is 0 Å². The second kappa shape index (κ2) is 5.79. The average Bonchev–Trinajstić information content (AvgIpc) is 2.39. The van der Waals surface area contributed by atoms with Gasteiger partial charge >= 0.3 is 0 Å². The van der Waals surface area contributed by atoms with Crippen molar-refractivity contribution in [1.29, 1.82) is 0 Å². The summed E-state index contributed by atoms with van der Waals surface area (Å²) in [4.78, 5) is 0. The Kier molecular flexibility index (Phi) is 4.58. The highest BCUT2D eigenvalue weighted by atomic mass is 16.4. The average molecular weight is 181 g/mol. The fraction of sp³-hybridized carbons (Fsp3) is 0.727. The predicted molar refractivity (Wildman–Crippen MR) is 55.2 cm³/mol. The summed E-state index contributed by atoms with van der Waals surface area (Å²) >= 11 is 0. The fourth-order valence-electron chi connectivity index (χ4n) is 2.01. The van der Waals surface area contributed by atoms with Crippen LogP contribution < -0.4 is 0 Å². The van der Waals surface area contributed by atoms with Crippen LogP contribution in [-0.4, -0.2) is 10.9 Å². The highest BCUT2D eigenvalue weighted by Crippen LogP contribution is 2.24. The van der Waals surface area contributed by atoms with Crippen molar-refractivity contribution < 1.29 is 5.21 Å². The van der Waals surface area contributed by atoms with Gasteiger partial charge in [0.25, 0.3) is 0 Å². The molecule has 1 atom stereocenters. The number of oxime groups is 1. The van der Waals surface area contributed by atoms with Crippen LogP contribution in [0.5, 0.6) is 0 Å². The summed E-state index contributed by atoms with van der Waals surface area (Å²) < 4.78 is 0. The summed E-state index contributed by atoms with van der Waals surface area (Å²) in [6.07, 6.45) is 9.99. The minimum absolute atomic E-state index is 0.505. The van der Waals surface area contributed by atoms with Crippen LogP contribution >= 0.6 is 0 Å². The zero-order chi connectivity index (χ0) is 9.52. The van der Waals surface area contributed by atoms with E-state index in [2.05, 4.69) is 11.7 Å². The standard InChI is InChI=1S/C11H19NO/c1-2-3-7-10-8-5-4-6-9-11(10)12-13/h2,10,13H,1,3-9H2/b12-11+. The molecular formula is C11H19NO. The smallest absolute Gasteiger partial charge is 0.0601 e. The normalized spacial score (nSPS) is 27.1. The molecule has 0 aliphatic heterocycles. The monoisotopic (exact) mass is 181 g/mol. The fourth-order valence-corrected chi connectivity index (χ4v) is 2.01. The largest absolute Gasteiger partial charge is 0.411 e. The van der Waals surface area contributed by atoms with Crippen molar-refractivity contribution in [1.82, 2.24) is 0 Å². The van der Waals surface area contributed by atoms with Crippen LogP contribution in [0.4, 0.5) is 0 Å². The molecule has 1 fully saturated rings. The Labute approximate surface area is 80.3 Å². The molecule has 13 heavy (non-hydrogen) atoms. The Morgan fingerprint density at radius 3 is 3.00 bits per heavy atom. The van der Waals surface area contributed by atoms with E-state index in [-0.39, 0.29) is 0 Å². The van der Waals surface area contributed by atoms with Gasteiger partial charge in [-0.05, 0) is 32.1 Å². The number of hydrogen-bond acceptors (Lipinski definition) is 2. The zero-order valence-electron chi connectivity index (χ0n) is 8.21. The van der Waals surface area contributed by atoms with Gasteiger partial charge in [-0.15, -0.1) is 6.58 Å². The highest BCUT2D eigenvalue weighted by molar-refractivity contribution is 5.86. The van der Waals surface area contributed by atoms with Gasteiger partial charge in [-0.3, -0.25) is 0 Å². The molecule has 0 saturated heterocycles. The van der Waals surface area contributed by atoms with Crippen molar-refractivity contribution in [2.75, 3.05) is 0 Å². The molecule has 1 aliphatic rings. The van der Waals surface area contributed by atoms with E-state index in [9.17, 15) is 0 Å². The molecule has 1 aliphatic carbocycles. The quantitative estimate of drug-likeness (QED) is 0.308. The Hall–Kier alpha value is -0.790.